The lowest BCUT2D eigenvalue weighted by molar-refractivity contribution is 0.0635. The fourth-order valence-electron chi connectivity index (χ4n) is 1.88. The maximum Gasteiger partial charge on any atom is 0.412 e. The van der Waals surface area contributed by atoms with Crippen molar-refractivity contribution in [3.63, 3.8) is 0 Å². The van der Waals surface area contributed by atoms with Crippen LogP contribution in [0.5, 0.6) is 5.75 Å². The molecular formula is C16H21NO4. The van der Waals surface area contributed by atoms with E-state index in [0.717, 1.165) is 24.7 Å². The zero-order chi connectivity index (χ0) is 15.6. The molecule has 0 heterocycles. The van der Waals surface area contributed by atoms with Gasteiger partial charge in [-0.2, -0.15) is 0 Å². The van der Waals surface area contributed by atoms with Gasteiger partial charge in [0.1, 0.15) is 5.60 Å². The van der Waals surface area contributed by atoms with Crippen molar-refractivity contribution in [3.8, 4) is 5.75 Å². The van der Waals surface area contributed by atoms with E-state index in [2.05, 4.69) is 5.32 Å². The first-order chi connectivity index (χ1) is 9.78. The highest BCUT2D eigenvalue weighted by Gasteiger charge is 2.27. The van der Waals surface area contributed by atoms with Crippen LogP contribution in [0.3, 0.4) is 0 Å². The zero-order valence-electron chi connectivity index (χ0n) is 12.9. The number of benzene rings is 1. The first kappa shape index (κ1) is 15.4. The minimum atomic E-state index is -0.584. The van der Waals surface area contributed by atoms with Gasteiger partial charge in [0.2, 0.25) is 0 Å². The summed E-state index contributed by atoms with van der Waals surface area (Å²) in [7, 11) is 0. The molecule has 0 bridgehead atoms. The highest BCUT2D eigenvalue weighted by atomic mass is 16.6. The highest BCUT2D eigenvalue weighted by molar-refractivity contribution is 5.92. The quantitative estimate of drug-likeness (QED) is 0.859. The predicted molar refractivity (Wildman–Crippen MR) is 80.1 cm³/mol. The average Bonchev–Trinajstić information content (AvgIpc) is 3.13. The second-order valence-corrected chi connectivity index (χ2v) is 6.29. The van der Waals surface area contributed by atoms with E-state index < -0.39 is 11.7 Å². The first-order valence-electron chi connectivity index (χ1n) is 7.05. The van der Waals surface area contributed by atoms with Crippen LogP contribution in [0.4, 0.5) is 10.5 Å². The van der Waals surface area contributed by atoms with E-state index in [9.17, 15) is 9.59 Å². The standard InChI is InChI=1S/C16H21NO4/c1-10-7-11(9-18)14(20-12-5-6-12)13(8-10)17-15(19)21-16(2,3)4/h7-9,12H,5-6H2,1-4H3,(H,17,19). The summed E-state index contributed by atoms with van der Waals surface area (Å²) in [5.74, 6) is 0.420. The lowest BCUT2D eigenvalue weighted by Crippen LogP contribution is -2.27. The minimum Gasteiger partial charge on any atom is -0.487 e. The van der Waals surface area contributed by atoms with Crippen molar-refractivity contribution >= 4 is 18.1 Å². The molecule has 0 aliphatic heterocycles. The van der Waals surface area contributed by atoms with Crippen LogP contribution < -0.4 is 10.1 Å². The molecule has 0 spiro atoms. The summed E-state index contributed by atoms with van der Waals surface area (Å²) in [6.45, 7) is 7.23. The molecule has 1 aliphatic rings. The Hall–Kier alpha value is -2.04. The van der Waals surface area contributed by atoms with Gasteiger partial charge < -0.3 is 9.47 Å². The molecule has 1 aliphatic carbocycles. The molecule has 0 radical (unpaired) electrons. The van der Waals surface area contributed by atoms with Crippen molar-refractivity contribution < 1.29 is 19.1 Å². The Morgan fingerprint density at radius 1 is 1.33 bits per heavy atom. The van der Waals surface area contributed by atoms with Crippen LogP contribution in [0, 0.1) is 6.92 Å². The van der Waals surface area contributed by atoms with Gasteiger partial charge >= 0.3 is 6.09 Å². The van der Waals surface area contributed by atoms with Crippen LogP contribution >= 0.6 is 0 Å². The van der Waals surface area contributed by atoms with Crippen LogP contribution in [0.25, 0.3) is 0 Å². The van der Waals surface area contributed by atoms with E-state index in [0.29, 0.717) is 17.0 Å². The Morgan fingerprint density at radius 2 is 2.00 bits per heavy atom. The molecule has 5 heteroatoms. The molecule has 5 nitrogen and oxygen atoms in total. The van der Waals surface area contributed by atoms with E-state index in [1.165, 1.54) is 0 Å². The topological polar surface area (TPSA) is 64.6 Å². The van der Waals surface area contributed by atoms with Crippen molar-refractivity contribution in [2.75, 3.05) is 5.32 Å². The van der Waals surface area contributed by atoms with Crippen molar-refractivity contribution in [1.29, 1.82) is 0 Å². The Bertz CT molecular complexity index is 556. The summed E-state index contributed by atoms with van der Waals surface area (Å²) in [4.78, 5) is 23.1. The molecule has 0 unspecified atom stereocenters. The third kappa shape index (κ3) is 4.48. The van der Waals surface area contributed by atoms with Crippen LogP contribution in [-0.2, 0) is 4.74 Å². The predicted octanol–water partition coefficient (Wildman–Crippen LogP) is 3.70. The van der Waals surface area contributed by atoms with Gasteiger partial charge in [-0.15, -0.1) is 0 Å². The lowest BCUT2D eigenvalue weighted by Gasteiger charge is -2.21. The number of carbonyl (C=O) groups excluding carboxylic acids is 2. The molecule has 1 N–H and O–H groups in total. The number of carbonyl (C=O) groups is 2. The van der Waals surface area contributed by atoms with Gasteiger partial charge in [0.15, 0.2) is 12.0 Å². The Morgan fingerprint density at radius 3 is 2.52 bits per heavy atom. The fourth-order valence-corrected chi connectivity index (χ4v) is 1.88. The van der Waals surface area contributed by atoms with Gasteiger partial charge in [-0.3, -0.25) is 10.1 Å². The summed E-state index contributed by atoms with van der Waals surface area (Å²) in [6.07, 6.45) is 2.25. The number of aldehydes is 1. The molecule has 1 fully saturated rings. The van der Waals surface area contributed by atoms with Gasteiger partial charge in [-0.25, -0.2) is 4.79 Å². The molecule has 0 atom stereocenters. The molecule has 114 valence electrons. The Balaban J connectivity index is 2.25. The van der Waals surface area contributed by atoms with E-state index in [-0.39, 0.29) is 6.10 Å². The molecule has 1 saturated carbocycles. The third-order valence-electron chi connectivity index (χ3n) is 2.83. The minimum absolute atomic E-state index is 0.130. The first-order valence-corrected chi connectivity index (χ1v) is 7.05. The average molecular weight is 291 g/mol. The molecule has 1 amide bonds. The summed E-state index contributed by atoms with van der Waals surface area (Å²) < 4.78 is 11.0. The van der Waals surface area contributed by atoms with Gasteiger partial charge in [-0.05, 0) is 58.2 Å². The number of hydrogen-bond acceptors (Lipinski definition) is 4. The number of aryl methyl sites for hydroxylation is 1. The summed E-state index contributed by atoms with van der Waals surface area (Å²) in [5, 5.41) is 2.67. The van der Waals surface area contributed by atoms with E-state index in [1.54, 1.807) is 32.9 Å². The van der Waals surface area contributed by atoms with Crippen molar-refractivity contribution in [2.24, 2.45) is 0 Å². The number of anilines is 1. The zero-order valence-corrected chi connectivity index (χ0v) is 12.9. The number of hydrogen-bond donors (Lipinski definition) is 1. The summed E-state index contributed by atoms with van der Waals surface area (Å²) in [5.41, 5.74) is 1.19. The monoisotopic (exact) mass is 291 g/mol. The second kappa shape index (κ2) is 5.76. The Labute approximate surface area is 124 Å². The number of rotatable bonds is 4. The lowest BCUT2D eigenvalue weighted by atomic mass is 10.1. The molecule has 0 saturated heterocycles. The number of amides is 1. The normalized spacial score (nSPS) is 14.5. The van der Waals surface area contributed by atoms with Gasteiger partial charge in [0.25, 0.3) is 0 Å². The maximum absolute atomic E-state index is 11.9. The second-order valence-electron chi connectivity index (χ2n) is 6.29. The Kier molecular flexibility index (Phi) is 4.21. The maximum atomic E-state index is 11.9. The molecule has 21 heavy (non-hydrogen) atoms. The molecule has 1 aromatic carbocycles. The van der Waals surface area contributed by atoms with Crippen LogP contribution in [0.1, 0.15) is 49.5 Å². The molecule has 1 aromatic rings. The van der Waals surface area contributed by atoms with Gasteiger partial charge in [-0.1, -0.05) is 0 Å². The van der Waals surface area contributed by atoms with Crippen LogP contribution in [0.15, 0.2) is 12.1 Å². The third-order valence-corrected chi connectivity index (χ3v) is 2.83. The van der Waals surface area contributed by atoms with E-state index in [4.69, 9.17) is 9.47 Å². The fraction of sp³-hybridized carbons (Fsp3) is 0.500. The summed E-state index contributed by atoms with van der Waals surface area (Å²) >= 11 is 0. The molecular weight excluding hydrogens is 270 g/mol. The number of nitrogens with one attached hydrogen (secondary N) is 1. The van der Waals surface area contributed by atoms with Gasteiger partial charge in [0.05, 0.1) is 17.4 Å². The van der Waals surface area contributed by atoms with Gasteiger partial charge in [0, 0.05) is 0 Å². The van der Waals surface area contributed by atoms with E-state index >= 15 is 0 Å². The largest absolute Gasteiger partial charge is 0.487 e. The highest BCUT2D eigenvalue weighted by Crippen LogP contribution is 2.35. The number of ether oxygens (including phenoxy) is 2. The van der Waals surface area contributed by atoms with Crippen molar-refractivity contribution in [2.45, 2.75) is 52.2 Å². The molecule has 0 aromatic heterocycles. The van der Waals surface area contributed by atoms with Crippen LogP contribution in [0.2, 0.25) is 0 Å². The SMILES string of the molecule is Cc1cc(C=O)c(OC2CC2)c(NC(=O)OC(C)(C)C)c1. The van der Waals surface area contributed by atoms with Crippen molar-refractivity contribution in [3.05, 3.63) is 23.3 Å². The van der Waals surface area contributed by atoms with Crippen molar-refractivity contribution in [1.82, 2.24) is 0 Å². The van der Waals surface area contributed by atoms with Crippen LogP contribution in [-0.4, -0.2) is 24.1 Å². The summed E-state index contributed by atoms with van der Waals surface area (Å²) in [6, 6.07) is 3.51. The smallest absolute Gasteiger partial charge is 0.412 e. The van der Waals surface area contributed by atoms with E-state index in [1.807, 2.05) is 6.92 Å². The molecule has 2 rings (SSSR count).